The van der Waals surface area contributed by atoms with Gasteiger partial charge in [0, 0.05) is 30.3 Å². The van der Waals surface area contributed by atoms with Crippen LogP contribution in [0.3, 0.4) is 0 Å². The number of nitro groups is 1. The SMILES string of the molecule is N[C@@H](Cc1cnc(CS(=O)(=O)c2ccc([N+](=O)[O-])cc2)n1Cl)C(=O)O. The van der Waals surface area contributed by atoms with Crippen molar-refractivity contribution in [3.63, 3.8) is 0 Å². The van der Waals surface area contributed by atoms with E-state index in [1.807, 2.05) is 0 Å². The largest absolute Gasteiger partial charge is 0.480 e. The van der Waals surface area contributed by atoms with Crippen LogP contribution in [0.4, 0.5) is 5.69 Å². The zero-order chi connectivity index (χ0) is 18.8. The van der Waals surface area contributed by atoms with Crippen molar-refractivity contribution >= 4 is 33.3 Å². The summed E-state index contributed by atoms with van der Waals surface area (Å²) in [6, 6.07) is 3.20. The van der Waals surface area contributed by atoms with Crippen molar-refractivity contribution in [2.24, 2.45) is 5.73 Å². The molecule has 2 aromatic rings. The number of hydrogen-bond donors (Lipinski definition) is 2. The van der Waals surface area contributed by atoms with Crippen LogP contribution in [0.1, 0.15) is 11.5 Å². The van der Waals surface area contributed by atoms with Crippen molar-refractivity contribution in [2.75, 3.05) is 0 Å². The van der Waals surface area contributed by atoms with Gasteiger partial charge >= 0.3 is 5.97 Å². The molecule has 3 N–H and O–H groups in total. The molecule has 0 radical (unpaired) electrons. The minimum absolute atomic E-state index is 0.0207. The third-order valence-corrected chi connectivity index (χ3v) is 5.35. The lowest BCUT2D eigenvalue weighted by atomic mass is 10.2. The van der Waals surface area contributed by atoms with Gasteiger partial charge in [-0.05, 0) is 12.1 Å². The van der Waals surface area contributed by atoms with E-state index in [1.165, 1.54) is 6.20 Å². The lowest BCUT2D eigenvalue weighted by Gasteiger charge is -2.07. The molecule has 2 rings (SSSR count). The van der Waals surface area contributed by atoms with Gasteiger partial charge in [-0.25, -0.2) is 17.5 Å². The smallest absolute Gasteiger partial charge is 0.320 e. The van der Waals surface area contributed by atoms with Crippen molar-refractivity contribution in [3.8, 4) is 0 Å². The molecule has 1 heterocycles. The maximum Gasteiger partial charge on any atom is 0.320 e. The van der Waals surface area contributed by atoms with E-state index in [1.54, 1.807) is 0 Å². The van der Waals surface area contributed by atoms with E-state index in [0.29, 0.717) is 0 Å². The van der Waals surface area contributed by atoms with Crippen LogP contribution in [0.15, 0.2) is 35.4 Å². The number of halogens is 1. The Morgan fingerprint density at radius 2 is 2.00 bits per heavy atom. The number of carboxylic acids is 1. The summed E-state index contributed by atoms with van der Waals surface area (Å²) in [5.74, 6) is -1.80. The summed E-state index contributed by atoms with van der Waals surface area (Å²) in [4.78, 5) is 24.5. The standard InChI is InChI=1S/C13H13ClN4O6S/c14-17-9(5-11(15)13(19)20)6-16-12(17)7-25(23,24)10-3-1-8(2-4-10)18(21)22/h1-4,6,11H,5,7,15H2,(H,19,20)/t11-/m0/s1. The molecule has 25 heavy (non-hydrogen) atoms. The number of non-ortho nitro benzene ring substituents is 1. The van der Waals surface area contributed by atoms with Crippen LogP contribution in [0.2, 0.25) is 0 Å². The molecule has 1 atom stereocenters. The number of imidazole rings is 1. The number of aliphatic carboxylic acids is 1. The first-order valence-electron chi connectivity index (χ1n) is 6.79. The molecule has 0 fully saturated rings. The molecule has 0 aliphatic carbocycles. The second-order valence-electron chi connectivity index (χ2n) is 5.11. The highest BCUT2D eigenvalue weighted by Gasteiger charge is 2.22. The van der Waals surface area contributed by atoms with E-state index in [9.17, 15) is 23.3 Å². The van der Waals surface area contributed by atoms with Gasteiger partial charge in [-0.1, -0.05) is 0 Å². The van der Waals surface area contributed by atoms with E-state index in [2.05, 4.69) is 4.98 Å². The number of nitro benzene ring substituents is 1. The number of hydrogen-bond acceptors (Lipinski definition) is 7. The maximum absolute atomic E-state index is 12.4. The van der Waals surface area contributed by atoms with Crippen molar-refractivity contribution in [1.82, 2.24) is 9.07 Å². The number of carbonyl (C=O) groups is 1. The van der Waals surface area contributed by atoms with Crippen LogP contribution < -0.4 is 5.73 Å². The molecular formula is C13H13ClN4O6S. The first-order valence-corrected chi connectivity index (χ1v) is 8.78. The summed E-state index contributed by atoms with van der Waals surface area (Å²) >= 11 is 5.99. The van der Waals surface area contributed by atoms with Crippen LogP contribution in [0, 0.1) is 10.1 Å². The Balaban J connectivity index is 2.22. The summed E-state index contributed by atoms with van der Waals surface area (Å²) < 4.78 is 25.7. The summed E-state index contributed by atoms with van der Waals surface area (Å²) in [6.07, 6.45) is 1.12. The number of carboxylic acid groups (broad SMARTS) is 1. The fourth-order valence-electron chi connectivity index (χ4n) is 1.98. The highest BCUT2D eigenvalue weighted by atomic mass is 35.5. The molecule has 12 heteroatoms. The van der Waals surface area contributed by atoms with Gasteiger partial charge < -0.3 is 10.8 Å². The van der Waals surface area contributed by atoms with Crippen LogP contribution in [0.25, 0.3) is 0 Å². The predicted octanol–water partition coefficient (Wildman–Crippen LogP) is 0.721. The van der Waals surface area contributed by atoms with E-state index < -0.39 is 32.5 Å². The second-order valence-corrected chi connectivity index (χ2v) is 7.43. The van der Waals surface area contributed by atoms with Gasteiger partial charge in [0.25, 0.3) is 5.69 Å². The number of nitrogens with two attached hydrogens (primary N) is 1. The molecule has 0 amide bonds. The lowest BCUT2D eigenvalue weighted by Crippen LogP contribution is -2.32. The van der Waals surface area contributed by atoms with Crippen molar-refractivity contribution < 1.29 is 23.2 Å². The fraction of sp³-hybridized carbons (Fsp3) is 0.231. The van der Waals surface area contributed by atoms with Crippen LogP contribution in [-0.2, 0) is 26.8 Å². The Morgan fingerprint density at radius 3 is 2.52 bits per heavy atom. The van der Waals surface area contributed by atoms with E-state index >= 15 is 0 Å². The molecule has 0 saturated heterocycles. The first-order chi connectivity index (χ1) is 11.6. The highest BCUT2D eigenvalue weighted by Crippen LogP contribution is 2.21. The van der Waals surface area contributed by atoms with E-state index in [0.717, 1.165) is 28.4 Å². The van der Waals surface area contributed by atoms with E-state index in [4.69, 9.17) is 22.6 Å². The number of benzene rings is 1. The Bertz CT molecular complexity index is 909. The minimum Gasteiger partial charge on any atom is -0.480 e. The second kappa shape index (κ2) is 7.17. The summed E-state index contributed by atoms with van der Waals surface area (Å²) in [5.41, 5.74) is 5.43. The topological polar surface area (TPSA) is 158 Å². The molecule has 1 aromatic carbocycles. The van der Waals surface area contributed by atoms with Gasteiger partial charge in [-0.15, -0.1) is 0 Å². The minimum atomic E-state index is -3.85. The zero-order valence-electron chi connectivity index (χ0n) is 12.6. The summed E-state index contributed by atoms with van der Waals surface area (Å²) in [5, 5.41) is 19.4. The molecule has 10 nitrogen and oxygen atoms in total. The molecule has 1 aromatic heterocycles. The number of rotatable bonds is 7. The normalized spacial score (nSPS) is 12.7. The van der Waals surface area contributed by atoms with E-state index in [-0.39, 0.29) is 28.5 Å². The Hall–Kier alpha value is -2.50. The maximum atomic E-state index is 12.4. The highest BCUT2D eigenvalue weighted by molar-refractivity contribution is 7.90. The van der Waals surface area contributed by atoms with Crippen molar-refractivity contribution in [1.29, 1.82) is 0 Å². The summed E-state index contributed by atoms with van der Waals surface area (Å²) in [6.45, 7) is 0. The Morgan fingerprint density at radius 1 is 1.40 bits per heavy atom. The molecule has 0 unspecified atom stereocenters. The van der Waals surface area contributed by atoms with Crippen LogP contribution >= 0.6 is 11.8 Å². The monoisotopic (exact) mass is 388 g/mol. The molecule has 0 aliphatic rings. The third kappa shape index (κ3) is 4.32. The van der Waals surface area contributed by atoms with Gasteiger partial charge in [0.2, 0.25) is 0 Å². The average molecular weight is 389 g/mol. The lowest BCUT2D eigenvalue weighted by molar-refractivity contribution is -0.384. The fourth-order valence-corrected chi connectivity index (χ4v) is 3.53. The average Bonchev–Trinajstić information content (AvgIpc) is 2.87. The van der Waals surface area contributed by atoms with Gasteiger partial charge in [0.05, 0.1) is 21.7 Å². The zero-order valence-corrected chi connectivity index (χ0v) is 14.1. The number of nitrogens with zero attached hydrogens (tertiary/aromatic N) is 3. The quantitative estimate of drug-likeness (QED) is 0.518. The van der Waals surface area contributed by atoms with Gasteiger partial charge in [-0.3, -0.25) is 14.9 Å². The molecular weight excluding hydrogens is 376 g/mol. The molecule has 0 aliphatic heterocycles. The summed E-state index contributed by atoms with van der Waals surface area (Å²) in [7, 11) is -3.85. The number of aromatic nitrogens is 2. The molecule has 0 spiro atoms. The van der Waals surface area contributed by atoms with Crippen molar-refractivity contribution in [2.45, 2.75) is 23.1 Å². The molecule has 0 saturated carbocycles. The van der Waals surface area contributed by atoms with Gasteiger partial charge in [0.1, 0.15) is 17.6 Å². The first kappa shape index (κ1) is 18.8. The van der Waals surface area contributed by atoms with Crippen LogP contribution in [0.5, 0.6) is 0 Å². The Kier molecular flexibility index (Phi) is 5.40. The molecule has 0 bridgehead atoms. The van der Waals surface area contributed by atoms with Crippen molar-refractivity contribution in [3.05, 3.63) is 52.1 Å². The van der Waals surface area contributed by atoms with Gasteiger partial charge in [0.15, 0.2) is 9.84 Å². The predicted molar refractivity (Wildman–Crippen MR) is 86.8 cm³/mol. The third-order valence-electron chi connectivity index (χ3n) is 3.31. The van der Waals surface area contributed by atoms with Crippen LogP contribution in [-0.4, -0.2) is 39.5 Å². The Labute approximate surface area is 147 Å². The molecule has 134 valence electrons. The van der Waals surface area contributed by atoms with Gasteiger partial charge in [-0.2, -0.15) is 0 Å². The number of sulfone groups is 1.